The van der Waals surface area contributed by atoms with Crippen molar-refractivity contribution < 1.29 is 14.3 Å². The normalized spacial score (nSPS) is 21.2. The molecule has 1 aliphatic rings. The van der Waals surface area contributed by atoms with Crippen molar-refractivity contribution in [2.75, 3.05) is 13.7 Å². The van der Waals surface area contributed by atoms with Gasteiger partial charge in [-0.15, -0.1) is 0 Å². The molecule has 4 nitrogen and oxygen atoms in total. The van der Waals surface area contributed by atoms with Gasteiger partial charge >= 0.3 is 0 Å². The van der Waals surface area contributed by atoms with Crippen molar-refractivity contribution in [1.82, 2.24) is 4.90 Å². The molecular formula is C14H24NO3-. The lowest BCUT2D eigenvalue weighted by molar-refractivity contribution is -0.139. The molecule has 0 aliphatic carbocycles. The van der Waals surface area contributed by atoms with E-state index in [4.69, 9.17) is 4.74 Å². The van der Waals surface area contributed by atoms with Crippen molar-refractivity contribution in [3.63, 3.8) is 0 Å². The van der Waals surface area contributed by atoms with Gasteiger partial charge in [0.15, 0.2) is 0 Å². The van der Waals surface area contributed by atoms with Gasteiger partial charge in [-0.2, -0.15) is 13.8 Å². The number of hydrogen-bond donors (Lipinski definition) is 0. The second-order valence-corrected chi connectivity index (χ2v) is 5.79. The molecule has 0 radical (unpaired) electrons. The van der Waals surface area contributed by atoms with E-state index in [2.05, 4.69) is 0 Å². The van der Waals surface area contributed by atoms with Crippen LogP contribution in [0.25, 0.3) is 0 Å². The van der Waals surface area contributed by atoms with E-state index in [-0.39, 0.29) is 23.3 Å². The number of rotatable bonds is 6. The number of carbonyl (C=O) groups excluding carboxylic acids is 2. The number of carbonyl (C=O) groups is 2. The van der Waals surface area contributed by atoms with Crippen LogP contribution in [0.4, 0.5) is 0 Å². The highest BCUT2D eigenvalue weighted by Crippen LogP contribution is 2.28. The number of amides is 2. The summed E-state index contributed by atoms with van der Waals surface area (Å²) in [4.78, 5) is 25.2. The number of methoxy groups -OCH3 is 1. The summed E-state index contributed by atoms with van der Waals surface area (Å²) < 4.78 is 5.32. The monoisotopic (exact) mass is 254 g/mol. The molecule has 18 heavy (non-hydrogen) atoms. The molecule has 1 heterocycles. The zero-order valence-corrected chi connectivity index (χ0v) is 12.1. The molecule has 1 saturated heterocycles. The van der Waals surface area contributed by atoms with Crippen LogP contribution in [0.1, 0.15) is 47.0 Å². The zero-order valence-electron chi connectivity index (χ0n) is 12.1. The molecule has 1 rings (SSSR count). The maximum atomic E-state index is 12.0. The molecule has 0 spiro atoms. The Bertz CT molecular complexity index is 323. The number of likely N-dealkylation sites (tertiary alicyclic amines) is 1. The molecule has 0 aromatic carbocycles. The molecule has 1 unspecified atom stereocenters. The molecular weight excluding hydrogens is 230 g/mol. The third kappa shape index (κ3) is 3.55. The van der Waals surface area contributed by atoms with Crippen molar-refractivity contribution in [3.05, 3.63) is 5.92 Å². The van der Waals surface area contributed by atoms with Gasteiger partial charge in [-0.1, -0.05) is 5.92 Å². The molecule has 4 heteroatoms. The van der Waals surface area contributed by atoms with Crippen molar-refractivity contribution >= 4 is 11.8 Å². The minimum atomic E-state index is -0.201. The lowest BCUT2D eigenvalue weighted by atomic mass is 9.94. The summed E-state index contributed by atoms with van der Waals surface area (Å²) >= 11 is 0. The summed E-state index contributed by atoms with van der Waals surface area (Å²) in [6.07, 6.45) is 1.96. The van der Waals surface area contributed by atoms with Crippen LogP contribution in [-0.2, 0) is 14.3 Å². The summed E-state index contributed by atoms with van der Waals surface area (Å²) in [6.45, 7) is 8.34. The quantitative estimate of drug-likeness (QED) is 0.539. The summed E-state index contributed by atoms with van der Waals surface area (Å²) in [5.41, 5.74) is -0.196. The smallest absolute Gasteiger partial charge is 0.227 e. The first-order valence-corrected chi connectivity index (χ1v) is 6.48. The lowest BCUT2D eigenvalue weighted by Crippen LogP contribution is -2.33. The number of ether oxygens (including phenoxy) is 1. The summed E-state index contributed by atoms with van der Waals surface area (Å²) in [6, 6.07) is 0. The highest BCUT2D eigenvalue weighted by molar-refractivity contribution is 6.04. The Labute approximate surface area is 110 Å². The molecule has 0 N–H and O–H groups in total. The summed E-state index contributed by atoms with van der Waals surface area (Å²) in [7, 11) is 1.68. The van der Waals surface area contributed by atoms with E-state index in [9.17, 15) is 9.59 Å². The third-order valence-electron chi connectivity index (χ3n) is 3.65. The van der Waals surface area contributed by atoms with Crippen LogP contribution in [0.2, 0.25) is 0 Å². The molecule has 0 bridgehead atoms. The fourth-order valence-corrected chi connectivity index (χ4v) is 2.13. The van der Waals surface area contributed by atoms with Crippen LogP contribution in [0, 0.1) is 11.8 Å². The largest absolute Gasteiger partial charge is 0.379 e. The number of imide groups is 1. The van der Waals surface area contributed by atoms with Crippen molar-refractivity contribution in [2.24, 2.45) is 5.92 Å². The van der Waals surface area contributed by atoms with Crippen molar-refractivity contribution in [1.29, 1.82) is 0 Å². The molecule has 1 aliphatic heterocycles. The molecule has 104 valence electrons. The van der Waals surface area contributed by atoms with E-state index in [0.29, 0.717) is 13.0 Å². The standard InChI is InChI=1S/C14H24NO3/c1-10(2)11-9-12(16)15(13(11)17)8-6-7-14(3,4)18-5/h11H,6-9H2,1-5H3/q-1. The van der Waals surface area contributed by atoms with Crippen LogP contribution in [0.5, 0.6) is 0 Å². The lowest BCUT2D eigenvalue weighted by Gasteiger charge is -2.26. The van der Waals surface area contributed by atoms with Crippen molar-refractivity contribution in [2.45, 2.75) is 52.6 Å². The Morgan fingerprint density at radius 3 is 2.44 bits per heavy atom. The maximum Gasteiger partial charge on any atom is 0.227 e. The predicted molar refractivity (Wildman–Crippen MR) is 69.7 cm³/mol. The van der Waals surface area contributed by atoms with Crippen LogP contribution in [-0.4, -0.2) is 36.0 Å². The van der Waals surface area contributed by atoms with Gasteiger partial charge in [0, 0.05) is 20.1 Å². The molecule has 1 fully saturated rings. The molecule has 0 aromatic heterocycles. The van der Waals surface area contributed by atoms with Crippen LogP contribution >= 0.6 is 0 Å². The Morgan fingerprint density at radius 2 is 2.00 bits per heavy atom. The van der Waals surface area contributed by atoms with Gasteiger partial charge in [-0.05, 0) is 26.7 Å². The highest BCUT2D eigenvalue weighted by atomic mass is 16.5. The number of nitrogens with zero attached hydrogens (tertiary/aromatic N) is 1. The van der Waals surface area contributed by atoms with Crippen LogP contribution < -0.4 is 0 Å². The van der Waals surface area contributed by atoms with E-state index in [0.717, 1.165) is 18.8 Å². The Hall–Kier alpha value is -0.900. The Morgan fingerprint density at radius 1 is 1.39 bits per heavy atom. The van der Waals surface area contributed by atoms with E-state index < -0.39 is 0 Å². The Kier molecular flexibility index (Phi) is 4.91. The van der Waals surface area contributed by atoms with Gasteiger partial charge in [0.2, 0.25) is 11.8 Å². The van der Waals surface area contributed by atoms with Gasteiger partial charge < -0.3 is 10.7 Å². The van der Waals surface area contributed by atoms with Gasteiger partial charge in [0.1, 0.15) is 0 Å². The van der Waals surface area contributed by atoms with Gasteiger partial charge in [0.25, 0.3) is 0 Å². The van der Waals surface area contributed by atoms with E-state index in [1.54, 1.807) is 7.11 Å². The van der Waals surface area contributed by atoms with Crippen molar-refractivity contribution in [3.8, 4) is 0 Å². The SMILES string of the molecule is COC(C)(C)CCCN1C(=O)CC([C-](C)C)C1=O. The first kappa shape index (κ1) is 15.2. The average Bonchev–Trinajstić information content (AvgIpc) is 2.56. The predicted octanol–water partition coefficient (Wildman–Crippen LogP) is 2.18. The minimum Gasteiger partial charge on any atom is -0.379 e. The van der Waals surface area contributed by atoms with E-state index in [1.807, 2.05) is 27.7 Å². The second kappa shape index (κ2) is 5.83. The molecule has 0 aromatic rings. The summed E-state index contributed by atoms with van der Waals surface area (Å²) in [5, 5.41) is 0. The minimum absolute atomic E-state index is 0.0322. The molecule has 0 saturated carbocycles. The van der Waals surface area contributed by atoms with E-state index in [1.165, 1.54) is 4.90 Å². The first-order valence-electron chi connectivity index (χ1n) is 6.48. The highest BCUT2D eigenvalue weighted by Gasteiger charge is 2.34. The molecule has 1 atom stereocenters. The zero-order chi connectivity index (χ0) is 13.9. The maximum absolute atomic E-state index is 12.0. The fourth-order valence-electron chi connectivity index (χ4n) is 2.13. The van der Waals surface area contributed by atoms with Crippen LogP contribution in [0.3, 0.4) is 0 Å². The Balaban J connectivity index is 2.48. The first-order chi connectivity index (χ1) is 8.28. The molecule has 2 amide bonds. The topological polar surface area (TPSA) is 46.6 Å². The van der Waals surface area contributed by atoms with Gasteiger partial charge in [-0.25, -0.2) is 0 Å². The average molecular weight is 254 g/mol. The number of hydrogen-bond acceptors (Lipinski definition) is 3. The van der Waals surface area contributed by atoms with Gasteiger partial charge in [-0.3, -0.25) is 14.5 Å². The fraction of sp³-hybridized carbons (Fsp3) is 0.786. The van der Waals surface area contributed by atoms with Gasteiger partial charge in [0.05, 0.1) is 5.60 Å². The summed E-state index contributed by atoms with van der Waals surface area (Å²) in [5.74, 6) is 0.748. The van der Waals surface area contributed by atoms with Crippen LogP contribution in [0.15, 0.2) is 0 Å². The third-order valence-corrected chi connectivity index (χ3v) is 3.65. The van der Waals surface area contributed by atoms with E-state index >= 15 is 0 Å². The second-order valence-electron chi connectivity index (χ2n) is 5.79.